The van der Waals surface area contributed by atoms with Crippen LogP contribution in [-0.4, -0.2) is 19.1 Å². The topological polar surface area (TPSA) is 47.6 Å². The fourth-order valence-electron chi connectivity index (χ4n) is 2.06. The minimum atomic E-state index is -0.202. The van der Waals surface area contributed by atoms with Gasteiger partial charge in [-0.15, -0.1) is 0 Å². The second-order valence-electron chi connectivity index (χ2n) is 4.33. The average molecular weight is 247 g/mol. The molecule has 1 aromatic carbocycles. The van der Waals surface area contributed by atoms with Gasteiger partial charge in [0.15, 0.2) is 0 Å². The summed E-state index contributed by atoms with van der Waals surface area (Å²) >= 11 is 0. The van der Waals surface area contributed by atoms with Crippen molar-refractivity contribution in [1.29, 1.82) is 0 Å². The van der Waals surface area contributed by atoms with Crippen LogP contribution < -0.4 is 14.8 Å². The third-order valence-electron chi connectivity index (χ3n) is 2.94. The van der Waals surface area contributed by atoms with E-state index in [-0.39, 0.29) is 12.0 Å². The largest absolute Gasteiger partial charge is 0.496 e. The Hall–Kier alpha value is -1.97. The molecule has 0 aliphatic carbocycles. The van der Waals surface area contributed by atoms with Crippen molar-refractivity contribution in [3.05, 3.63) is 35.9 Å². The summed E-state index contributed by atoms with van der Waals surface area (Å²) in [4.78, 5) is 11.2. The first kappa shape index (κ1) is 12.5. The van der Waals surface area contributed by atoms with Crippen molar-refractivity contribution in [3.8, 4) is 11.5 Å². The van der Waals surface area contributed by atoms with Gasteiger partial charge in [0.05, 0.1) is 7.11 Å². The second-order valence-corrected chi connectivity index (χ2v) is 4.33. The average Bonchev–Trinajstić information content (AvgIpc) is 2.73. The van der Waals surface area contributed by atoms with Crippen LogP contribution in [0.25, 0.3) is 0 Å². The fourth-order valence-corrected chi connectivity index (χ4v) is 2.06. The lowest BCUT2D eigenvalue weighted by Crippen LogP contribution is -2.20. The quantitative estimate of drug-likeness (QED) is 0.826. The predicted octanol–water partition coefficient (Wildman–Crippen LogP) is 1.82. The van der Waals surface area contributed by atoms with E-state index >= 15 is 0 Å². The summed E-state index contributed by atoms with van der Waals surface area (Å²) in [5.41, 5.74) is 2.05. The Morgan fingerprint density at radius 3 is 3.11 bits per heavy atom. The van der Waals surface area contributed by atoms with Gasteiger partial charge >= 0.3 is 0 Å². The van der Waals surface area contributed by atoms with Gasteiger partial charge in [0.2, 0.25) is 5.91 Å². The lowest BCUT2D eigenvalue weighted by molar-refractivity contribution is -0.116. The highest BCUT2D eigenvalue weighted by Crippen LogP contribution is 2.34. The summed E-state index contributed by atoms with van der Waals surface area (Å²) in [6, 6.07) is 3.91. The molecule has 4 heteroatoms. The van der Waals surface area contributed by atoms with Crippen LogP contribution in [0.5, 0.6) is 11.5 Å². The van der Waals surface area contributed by atoms with Gasteiger partial charge in [-0.05, 0) is 25.1 Å². The van der Waals surface area contributed by atoms with Crippen molar-refractivity contribution in [2.75, 3.05) is 7.11 Å². The zero-order valence-corrected chi connectivity index (χ0v) is 10.7. The Morgan fingerprint density at radius 1 is 1.67 bits per heavy atom. The molecule has 0 fully saturated rings. The second kappa shape index (κ2) is 5.12. The van der Waals surface area contributed by atoms with Crippen LogP contribution in [0.1, 0.15) is 18.1 Å². The van der Waals surface area contributed by atoms with Crippen LogP contribution in [0.4, 0.5) is 0 Å². The van der Waals surface area contributed by atoms with Crippen molar-refractivity contribution in [1.82, 2.24) is 5.32 Å². The van der Waals surface area contributed by atoms with E-state index < -0.39 is 0 Å². The molecule has 1 aliphatic rings. The van der Waals surface area contributed by atoms with Gasteiger partial charge in [0.1, 0.15) is 17.6 Å². The SMILES string of the molecule is C=CC(=O)NCc1cc2c(cc1OC)C[C@@H](C)O2. The summed E-state index contributed by atoms with van der Waals surface area (Å²) in [6.45, 7) is 5.85. The van der Waals surface area contributed by atoms with Gasteiger partial charge in [-0.2, -0.15) is 0 Å². The Kier molecular flexibility index (Phi) is 3.55. The van der Waals surface area contributed by atoms with E-state index in [2.05, 4.69) is 11.9 Å². The lowest BCUT2D eigenvalue weighted by atomic mass is 10.1. The minimum absolute atomic E-state index is 0.197. The predicted molar refractivity (Wildman–Crippen MR) is 68.8 cm³/mol. The van der Waals surface area contributed by atoms with Gasteiger partial charge in [-0.25, -0.2) is 0 Å². The third-order valence-corrected chi connectivity index (χ3v) is 2.94. The monoisotopic (exact) mass is 247 g/mol. The van der Waals surface area contributed by atoms with Gasteiger partial charge in [-0.3, -0.25) is 4.79 Å². The molecule has 1 aromatic rings. The molecule has 2 rings (SSSR count). The maximum absolute atomic E-state index is 11.2. The molecule has 0 saturated carbocycles. The van der Waals surface area contributed by atoms with E-state index in [1.54, 1.807) is 7.11 Å². The van der Waals surface area contributed by atoms with E-state index in [4.69, 9.17) is 9.47 Å². The first-order chi connectivity index (χ1) is 8.63. The first-order valence-electron chi connectivity index (χ1n) is 5.90. The molecule has 1 heterocycles. The number of carbonyl (C=O) groups is 1. The molecule has 1 atom stereocenters. The lowest BCUT2D eigenvalue weighted by Gasteiger charge is -2.11. The van der Waals surface area contributed by atoms with Crippen molar-refractivity contribution >= 4 is 5.91 Å². The molecular weight excluding hydrogens is 230 g/mol. The fraction of sp³-hybridized carbons (Fsp3) is 0.357. The summed E-state index contributed by atoms with van der Waals surface area (Å²) in [6.07, 6.45) is 2.34. The Labute approximate surface area is 107 Å². The van der Waals surface area contributed by atoms with E-state index in [0.717, 1.165) is 29.0 Å². The van der Waals surface area contributed by atoms with Crippen molar-refractivity contribution in [3.63, 3.8) is 0 Å². The third kappa shape index (κ3) is 2.47. The number of benzene rings is 1. The molecule has 0 bridgehead atoms. The summed E-state index contributed by atoms with van der Waals surface area (Å²) < 4.78 is 11.0. The smallest absolute Gasteiger partial charge is 0.243 e. The molecule has 1 aliphatic heterocycles. The van der Waals surface area contributed by atoms with Crippen LogP contribution in [-0.2, 0) is 17.8 Å². The highest BCUT2D eigenvalue weighted by molar-refractivity contribution is 5.86. The standard InChI is InChI=1S/C14H17NO3/c1-4-14(16)15-8-11-7-13-10(5-9(2)18-13)6-12(11)17-3/h4,6-7,9H,1,5,8H2,2-3H3,(H,15,16)/t9-/m1/s1. The van der Waals surface area contributed by atoms with Crippen molar-refractivity contribution < 1.29 is 14.3 Å². The maximum atomic E-state index is 11.2. The molecule has 18 heavy (non-hydrogen) atoms. The summed E-state index contributed by atoms with van der Waals surface area (Å²) in [7, 11) is 1.62. The molecule has 96 valence electrons. The number of rotatable bonds is 4. The Balaban J connectivity index is 2.21. The van der Waals surface area contributed by atoms with Gasteiger partial charge < -0.3 is 14.8 Å². The number of nitrogens with one attached hydrogen (secondary N) is 1. The zero-order chi connectivity index (χ0) is 13.1. The van der Waals surface area contributed by atoms with E-state index in [1.807, 2.05) is 19.1 Å². The molecule has 0 saturated heterocycles. The number of fused-ring (bicyclic) bond motifs is 1. The van der Waals surface area contributed by atoms with E-state index in [9.17, 15) is 4.79 Å². The van der Waals surface area contributed by atoms with Crippen LogP contribution >= 0.6 is 0 Å². The molecular formula is C14H17NO3. The van der Waals surface area contributed by atoms with Gasteiger partial charge in [0.25, 0.3) is 0 Å². The first-order valence-corrected chi connectivity index (χ1v) is 5.90. The molecule has 0 aromatic heterocycles. The number of ether oxygens (including phenoxy) is 2. The zero-order valence-electron chi connectivity index (χ0n) is 10.7. The molecule has 1 amide bonds. The number of hydrogen-bond acceptors (Lipinski definition) is 3. The normalized spacial score (nSPS) is 16.7. The van der Waals surface area contributed by atoms with E-state index in [0.29, 0.717) is 6.54 Å². The number of methoxy groups -OCH3 is 1. The summed E-state index contributed by atoms with van der Waals surface area (Å²) in [5, 5.41) is 2.73. The number of hydrogen-bond donors (Lipinski definition) is 1. The molecule has 1 N–H and O–H groups in total. The number of amides is 1. The highest BCUT2D eigenvalue weighted by atomic mass is 16.5. The molecule has 0 radical (unpaired) electrons. The molecule has 0 unspecified atom stereocenters. The van der Waals surface area contributed by atoms with Crippen LogP contribution in [0.3, 0.4) is 0 Å². The molecule has 4 nitrogen and oxygen atoms in total. The van der Waals surface area contributed by atoms with Crippen molar-refractivity contribution in [2.45, 2.75) is 26.0 Å². The minimum Gasteiger partial charge on any atom is -0.496 e. The Morgan fingerprint density at radius 2 is 2.44 bits per heavy atom. The number of carbonyl (C=O) groups excluding carboxylic acids is 1. The van der Waals surface area contributed by atoms with Crippen LogP contribution in [0.2, 0.25) is 0 Å². The Bertz CT molecular complexity index is 482. The van der Waals surface area contributed by atoms with E-state index in [1.165, 1.54) is 6.08 Å². The van der Waals surface area contributed by atoms with Gasteiger partial charge in [-0.1, -0.05) is 6.58 Å². The van der Waals surface area contributed by atoms with Crippen molar-refractivity contribution in [2.24, 2.45) is 0 Å². The van der Waals surface area contributed by atoms with Crippen LogP contribution in [0, 0.1) is 0 Å². The summed E-state index contributed by atoms with van der Waals surface area (Å²) in [5.74, 6) is 1.45. The van der Waals surface area contributed by atoms with Crippen LogP contribution in [0.15, 0.2) is 24.8 Å². The highest BCUT2D eigenvalue weighted by Gasteiger charge is 2.21. The molecule has 0 spiro atoms. The van der Waals surface area contributed by atoms with Gasteiger partial charge in [0, 0.05) is 24.1 Å². The maximum Gasteiger partial charge on any atom is 0.243 e.